The fourth-order valence-electron chi connectivity index (χ4n) is 1.66. The Kier molecular flexibility index (Phi) is 4.55. The maximum atomic E-state index is 5.91. The van der Waals surface area contributed by atoms with E-state index >= 15 is 0 Å². The van der Waals surface area contributed by atoms with Gasteiger partial charge in [0.05, 0.1) is 18.3 Å². The Bertz CT molecular complexity index is 485. The molecule has 3 N–H and O–H groups in total. The maximum Gasteiger partial charge on any atom is 0.119 e. The van der Waals surface area contributed by atoms with Crippen LogP contribution in [-0.4, -0.2) is 18.6 Å². The number of hydrogen-bond acceptors (Lipinski definition) is 5. The monoisotopic (exact) mass is 263 g/mol. The minimum absolute atomic E-state index is 0.743. The molecule has 0 saturated heterocycles. The average molecular weight is 263 g/mol. The van der Waals surface area contributed by atoms with Gasteiger partial charge in [0.2, 0.25) is 0 Å². The molecule has 0 aliphatic rings. The van der Waals surface area contributed by atoms with Crippen LogP contribution in [0.1, 0.15) is 11.3 Å². The van der Waals surface area contributed by atoms with Crippen LogP contribution in [0.5, 0.6) is 5.75 Å². The van der Waals surface area contributed by atoms with Crippen molar-refractivity contribution >= 4 is 17.0 Å². The van der Waals surface area contributed by atoms with Gasteiger partial charge in [0.25, 0.3) is 0 Å². The molecular formula is C13H17N3OS. The predicted molar refractivity (Wildman–Crippen MR) is 74.9 cm³/mol. The van der Waals surface area contributed by atoms with Crippen molar-refractivity contribution in [2.45, 2.75) is 13.0 Å². The molecule has 4 nitrogen and oxygen atoms in total. The zero-order valence-electron chi connectivity index (χ0n) is 10.3. The summed E-state index contributed by atoms with van der Waals surface area (Å²) in [5.74, 6) is 0.834. The topological polar surface area (TPSA) is 60.2 Å². The molecule has 96 valence electrons. The average Bonchev–Trinajstić information content (AvgIpc) is 2.89. The quantitative estimate of drug-likeness (QED) is 0.618. The van der Waals surface area contributed by atoms with E-state index in [0.29, 0.717) is 0 Å². The van der Waals surface area contributed by atoms with Crippen LogP contribution in [0.4, 0.5) is 5.69 Å². The van der Waals surface area contributed by atoms with Crippen LogP contribution in [0.2, 0.25) is 0 Å². The van der Waals surface area contributed by atoms with Gasteiger partial charge in [0.15, 0.2) is 0 Å². The second-order valence-corrected chi connectivity index (χ2v) is 4.69. The van der Waals surface area contributed by atoms with Crippen LogP contribution in [0.25, 0.3) is 0 Å². The number of anilines is 1. The Labute approximate surface area is 111 Å². The molecular weight excluding hydrogens is 246 g/mol. The van der Waals surface area contributed by atoms with E-state index in [1.807, 2.05) is 23.7 Å². The van der Waals surface area contributed by atoms with E-state index in [1.54, 1.807) is 18.4 Å². The Morgan fingerprint density at radius 1 is 1.44 bits per heavy atom. The minimum atomic E-state index is 0.743. The zero-order valence-corrected chi connectivity index (χ0v) is 11.2. The molecule has 0 spiro atoms. The van der Waals surface area contributed by atoms with Crippen molar-refractivity contribution in [3.8, 4) is 5.75 Å². The summed E-state index contributed by atoms with van der Waals surface area (Å²) in [6.07, 6.45) is 0.938. The summed E-state index contributed by atoms with van der Waals surface area (Å²) >= 11 is 1.63. The first-order valence-electron chi connectivity index (χ1n) is 5.80. The highest BCUT2D eigenvalue weighted by molar-refractivity contribution is 7.07. The third-order valence-electron chi connectivity index (χ3n) is 2.71. The lowest BCUT2D eigenvalue weighted by atomic mass is 10.1. The highest BCUT2D eigenvalue weighted by Crippen LogP contribution is 2.19. The summed E-state index contributed by atoms with van der Waals surface area (Å²) in [7, 11) is 1.66. The van der Waals surface area contributed by atoms with Crippen molar-refractivity contribution in [1.29, 1.82) is 0 Å². The number of aromatic nitrogens is 1. The molecule has 18 heavy (non-hydrogen) atoms. The van der Waals surface area contributed by atoms with E-state index in [2.05, 4.69) is 15.7 Å². The second-order valence-electron chi connectivity index (χ2n) is 3.97. The summed E-state index contributed by atoms with van der Waals surface area (Å²) in [6, 6.07) is 5.70. The summed E-state index contributed by atoms with van der Waals surface area (Å²) < 4.78 is 5.18. The van der Waals surface area contributed by atoms with Crippen LogP contribution >= 0.6 is 11.3 Å². The number of nitrogens with two attached hydrogens (primary N) is 1. The second kappa shape index (κ2) is 6.37. The van der Waals surface area contributed by atoms with Gasteiger partial charge in [-0.25, -0.2) is 4.98 Å². The third-order valence-corrected chi connectivity index (χ3v) is 3.34. The van der Waals surface area contributed by atoms with Crippen molar-refractivity contribution in [3.63, 3.8) is 0 Å². The van der Waals surface area contributed by atoms with Gasteiger partial charge in [0, 0.05) is 30.6 Å². The molecule has 1 aromatic carbocycles. The normalized spacial score (nSPS) is 10.5. The van der Waals surface area contributed by atoms with Gasteiger partial charge in [0.1, 0.15) is 5.75 Å². The van der Waals surface area contributed by atoms with E-state index in [-0.39, 0.29) is 0 Å². The predicted octanol–water partition coefficient (Wildman–Crippen LogP) is 2.07. The van der Waals surface area contributed by atoms with E-state index in [4.69, 9.17) is 10.5 Å². The Morgan fingerprint density at radius 2 is 2.33 bits per heavy atom. The molecule has 0 fully saturated rings. The molecule has 2 aromatic rings. The number of nitrogens with one attached hydrogen (secondary N) is 1. The van der Waals surface area contributed by atoms with Gasteiger partial charge in [-0.2, -0.15) is 0 Å². The first-order chi connectivity index (χ1) is 8.79. The molecule has 0 bridgehead atoms. The van der Waals surface area contributed by atoms with Gasteiger partial charge < -0.3 is 15.8 Å². The van der Waals surface area contributed by atoms with Crippen LogP contribution in [0, 0.1) is 0 Å². The van der Waals surface area contributed by atoms with Gasteiger partial charge in [-0.15, -0.1) is 11.3 Å². The van der Waals surface area contributed by atoms with Crippen molar-refractivity contribution in [3.05, 3.63) is 40.3 Å². The number of hydrogen-bond donors (Lipinski definition) is 2. The fraction of sp³-hybridized carbons (Fsp3) is 0.308. The highest BCUT2D eigenvalue weighted by atomic mass is 32.1. The molecule has 0 amide bonds. The number of rotatable bonds is 6. The molecule has 1 aromatic heterocycles. The largest absolute Gasteiger partial charge is 0.497 e. The van der Waals surface area contributed by atoms with E-state index in [9.17, 15) is 0 Å². The number of benzene rings is 1. The summed E-state index contributed by atoms with van der Waals surface area (Å²) in [5.41, 5.74) is 10.8. The van der Waals surface area contributed by atoms with E-state index < -0.39 is 0 Å². The minimum Gasteiger partial charge on any atom is -0.497 e. The molecule has 0 aliphatic carbocycles. The van der Waals surface area contributed by atoms with Gasteiger partial charge in [-0.1, -0.05) is 0 Å². The Balaban J connectivity index is 1.82. The number of nitrogens with zero attached hydrogens (tertiary/aromatic N) is 1. The highest BCUT2D eigenvalue weighted by Gasteiger charge is 2.01. The standard InChI is InChI=1S/C13H17N3OS/c1-17-12-2-3-13(14)10(6-12)7-15-5-4-11-8-18-9-16-11/h2-3,6,8-9,15H,4-5,7,14H2,1H3. The van der Waals surface area contributed by atoms with Crippen molar-refractivity contribution in [1.82, 2.24) is 10.3 Å². The number of methoxy groups -OCH3 is 1. The smallest absolute Gasteiger partial charge is 0.119 e. The summed E-state index contributed by atoms with van der Waals surface area (Å²) in [6.45, 7) is 1.63. The lowest BCUT2D eigenvalue weighted by Crippen LogP contribution is -2.17. The number of thiazole rings is 1. The zero-order chi connectivity index (χ0) is 12.8. The summed E-state index contributed by atoms with van der Waals surface area (Å²) in [4.78, 5) is 4.24. The van der Waals surface area contributed by atoms with E-state index in [1.165, 1.54) is 0 Å². The maximum absolute atomic E-state index is 5.91. The van der Waals surface area contributed by atoms with Crippen molar-refractivity contribution < 1.29 is 4.74 Å². The molecule has 2 rings (SSSR count). The molecule has 0 saturated carbocycles. The van der Waals surface area contributed by atoms with E-state index in [0.717, 1.165) is 42.2 Å². The Morgan fingerprint density at radius 3 is 3.06 bits per heavy atom. The Hall–Kier alpha value is -1.59. The molecule has 5 heteroatoms. The molecule has 1 heterocycles. The van der Waals surface area contributed by atoms with Crippen LogP contribution in [0.15, 0.2) is 29.1 Å². The SMILES string of the molecule is COc1ccc(N)c(CNCCc2cscn2)c1. The van der Waals surface area contributed by atoms with Gasteiger partial charge in [-0.3, -0.25) is 0 Å². The van der Waals surface area contributed by atoms with Crippen molar-refractivity contribution in [2.24, 2.45) is 0 Å². The van der Waals surface area contributed by atoms with Gasteiger partial charge in [-0.05, 0) is 23.8 Å². The first-order valence-corrected chi connectivity index (χ1v) is 6.74. The van der Waals surface area contributed by atoms with Crippen LogP contribution in [0.3, 0.4) is 0 Å². The lowest BCUT2D eigenvalue weighted by Gasteiger charge is -2.09. The number of ether oxygens (including phenoxy) is 1. The van der Waals surface area contributed by atoms with Crippen LogP contribution < -0.4 is 15.8 Å². The third kappa shape index (κ3) is 3.45. The first kappa shape index (κ1) is 12.9. The molecule has 0 atom stereocenters. The van der Waals surface area contributed by atoms with Crippen LogP contribution in [-0.2, 0) is 13.0 Å². The van der Waals surface area contributed by atoms with Crippen molar-refractivity contribution in [2.75, 3.05) is 19.4 Å². The molecule has 0 aliphatic heterocycles. The molecule has 0 unspecified atom stereocenters. The van der Waals surface area contributed by atoms with Gasteiger partial charge >= 0.3 is 0 Å². The molecule has 0 radical (unpaired) electrons. The summed E-state index contributed by atoms with van der Waals surface area (Å²) in [5, 5.41) is 5.43. The lowest BCUT2D eigenvalue weighted by molar-refractivity contribution is 0.414. The fourth-order valence-corrected chi connectivity index (χ4v) is 2.26. The number of nitrogen functional groups attached to an aromatic ring is 1.